The predicted molar refractivity (Wildman–Crippen MR) is 80.5 cm³/mol. The van der Waals surface area contributed by atoms with Crippen LogP contribution in [-0.4, -0.2) is 17.1 Å². The van der Waals surface area contributed by atoms with Crippen molar-refractivity contribution < 1.29 is 22.7 Å². The first-order chi connectivity index (χ1) is 10.7. The highest BCUT2D eigenvalue weighted by atomic mass is 19.4. The monoisotopic (exact) mass is 327 g/mol. The van der Waals surface area contributed by atoms with Gasteiger partial charge in [-0.3, -0.25) is 0 Å². The third-order valence-corrected chi connectivity index (χ3v) is 3.10. The molecule has 0 bridgehead atoms. The molecule has 1 aromatic heterocycles. The molecule has 1 aromatic carbocycles. The van der Waals surface area contributed by atoms with Crippen molar-refractivity contribution in [3.8, 4) is 0 Å². The smallest absolute Gasteiger partial charge is 0.416 e. The van der Waals surface area contributed by atoms with E-state index in [0.717, 1.165) is 12.1 Å². The number of ether oxygens (including phenoxy) is 1. The number of halogens is 3. The standard InChI is InChI=1S/C15H16F3N3O2/c1-3-23-14(22)10-7-21(2)8-13(10)20-12-5-4-9(6-11(12)19)15(16,17)18/h4-8,20H,3,19H2,1-2H3. The molecule has 0 unspecified atom stereocenters. The van der Waals surface area contributed by atoms with Crippen LogP contribution in [0.4, 0.5) is 30.2 Å². The Bertz CT molecular complexity index is 723. The predicted octanol–water partition coefficient (Wildman–Crippen LogP) is 3.55. The van der Waals surface area contributed by atoms with Gasteiger partial charge in [0.15, 0.2) is 0 Å². The van der Waals surface area contributed by atoms with Crippen LogP contribution in [0.1, 0.15) is 22.8 Å². The Labute approximate surface area is 130 Å². The average Bonchev–Trinajstić information content (AvgIpc) is 2.81. The van der Waals surface area contributed by atoms with Crippen LogP contribution in [0.25, 0.3) is 0 Å². The maximum absolute atomic E-state index is 12.6. The van der Waals surface area contributed by atoms with Crippen molar-refractivity contribution in [2.24, 2.45) is 7.05 Å². The summed E-state index contributed by atoms with van der Waals surface area (Å²) in [4.78, 5) is 11.9. The molecule has 23 heavy (non-hydrogen) atoms. The third-order valence-electron chi connectivity index (χ3n) is 3.10. The van der Waals surface area contributed by atoms with Gasteiger partial charge in [0.25, 0.3) is 0 Å². The molecule has 3 N–H and O–H groups in total. The number of nitrogens with one attached hydrogen (secondary N) is 1. The number of anilines is 3. The topological polar surface area (TPSA) is 69.3 Å². The summed E-state index contributed by atoms with van der Waals surface area (Å²) in [6.45, 7) is 1.90. The Hall–Kier alpha value is -2.64. The quantitative estimate of drug-likeness (QED) is 0.666. The zero-order chi connectivity index (χ0) is 17.2. The first-order valence-electron chi connectivity index (χ1n) is 6.79. The van der Waals surface area contributed by atoms with Crippen LogP contribution in [0, 0.1) is 0 Å². The molecular weight excluding hydrogens is 311 g/mol. The van der Waals surface area contributed by atoms with Crippen molar-refractivity contribution >= 4 is 23.0 Å². The number of hydrogen-bond acceptors (Lipinski definition) is 4. The van der Waals surface area contributed by atoms with Crippen molar-refractivity contribution in [2.75, 3.05) is 17.7 Å². The van der Waals surface area contributed by atoms with Gasteiger partial charge >= 0.3 is 12.1 Å². The Kier molecular flexibility index (Phi) is 4.53. The zero-order valence-corrected chi connectivity index (χ0v) is 12.6. The average molecular weight is 327 g/mol. The lowest BCUT2D eigenvalue weighted by molar-refractivity contribution is -0.137. The van der Waals surface area contributed by atoms with Gasteiger partial charge in [-0.15, -0.1) is 0 Å². The van der Waals surface area contributed by atoms with Gasteiger partial charge in [-0.25, -0.2) is 4.79 Å². The van der Waals surface area contributed by atoms with Crippen molar-refractivity contribution in [3.05, 3.63) is 41.7 Å². The largest absolute Gasteiger partial charge is 0.462 e. The van der Waals surface area contributed by atoms with E-state index in [1.54, 1.807) is 30.9 Å². The molecule has 0 radical (unpaired) electrons. The molecule has 0 aliphatic carbocycles. The van der Waals surface area contributed by atoms with Crippen molar-refractivity contribution in [3.63, 3.8) is 0 Å². The highest BCUT2D eigenvalue weighted by molar-refractivity contribution is 5.97. The molecule has 2 aromatic rings. The molecule has 124 valence electrons. The van der Waals surface area contributed by atoms with Crippen LogP contribution in [0.5, 0.6) is 0 Å². The molecule has 0 spiro atoms. The third kappa shape index (κ3) is 3.77. The minimum Gasteiger partial charge on any atom is -0.462 e. The maximum atomic E-state index is 12.6. The van der Waals surface area contributed by atoms with Crippen molar-refractivity contribution in [1.29, 1.82) is 0 Å². The minimum atomic E-state index is -4.46. The van der Waals surface area contributed by atoms with Crippen LogP contribution < -0.4 is 11.1 Å². The van der Waals surface area contributed by atoms with Gasteiger partial charge in [0.2, 0.25) is 0 Å². The Morgan fingerprint density at radius 3 is 2.57 bits per heavy atom. The van der Waals surface area contributed by atoms with E-state index in [2.05, 4.69) is 5.32 Å². The van der Waals surface area contributed by atoms with E-state index in [4.69, 9.17) is 10.5 Å². The number of aromatic nitrogens is 1. The maximum Gasteiger partial charge on any atom is 0.416 e. The molecule has 0 atom stereocenters. The van der Waals surface area contributed by atoms with Gasteiger partial charge in [0.05, 0.1) is 29.2 Å². The molecule has 1 heterocycles. The Balaban J connectivity index is 2.31. The second-order valence-corrected chi connectivity index (χ2v) is 4.90. The fraction of sp³-hybridized carbons (Fsp3) is 0.267. The minimum absolute atomic E-state index is 0.0708. The molecule has 0 aliphatic rings. The molecule has 0 aliphatic heterocycles. The number of alkyl halides is 3. The van der Waals surface area contributed by atoms with Crippen molar-refractivity contribution in [2.45, 2.75) is 13.1 Å². The van der Waals surface area contributed by atoms with Gasteiger partial charge in [0.1, 0.15) is 5.56 Å². The number of carbonyl (C=O) groups is 1. The summed E-state index contributed by atoms with van der Waals surface area (Å²) in [5, 5.41) is 2.87. The summed E-state index contributed by atoms with van der Waals surface area (Å²) >= 11 is 0. The summed E-state index contributed by atoms with van der Waals surface area (Å²) in [7, 11) is 1.71. The van der Waals surface area contributed by atoms with Gasteiger partial charge in [0, 0.05) is 19.4 Å². The van der Waals surface area contributed by atoms with E-state index in [1.807, 2.05) is 0 Å². The number of aryl methyl sites for hydroxylation is 1. The summed E-state index contributed by atoms with van der Waals surface area (Å²) in [5.74, 6) is -0.527. The van der Waals surface area contributed by atoms with E-state index >= 15 is 0 Å². The van der Waals surface area contributed by atoms with Crippen LogP contribution in [0.3, 0.4) is 0 Å². The number of nitrogen functional groups attached to an aromatic ring is 1. The number of hydrogen-bond donors (Lipinski definition) is 2. The first kappa shape index (κ1) is 16.7. The normalized spacial score (nSPS) is 11.3. The van der Waals surface area contributed by atoms with Gasteiger partial charge in [-0.1, -0.05) is 0 Å². The zero-order valence-electron chi connectivity index (χ0n) is 12.6. The number of carbonyl (C=O) groups excluding carboxylic acids is 1. The first-order valence-corrected chi connectivity index (χ1v) is 6.79. The fourth-order valence-electron chi connectivity index (χ4n) is 2.05. The Morgan fingerprint density at radius 2 is 2.00 bits per heavy atom. The van der Waals surface area contributed by atoms with Gasteiger partial charge < -0.3 is 20.4 Å². The van der Waals surface area contributed by atoms with Crippen LogP contribution in [0.15, 0.2) is 30.6 Å². The van der Waals surface area contributed by atoms with E-state index < -0.39 is 17.7 Å². The van der Waals surface area contributed by atoms with Gasteiger partial charge in [-0.05, 0) is 25.1 Å². The molecule has 5 nitrogen and oxygen atoms in total. The number of nitrogens with two attached hydrogens (primary N) is 1. The molecule has 0 amide bonds. The van der Waals surface area contributed by atoms with E-state index in [0.29, 0.717) is 5.69 Å². The number of esters is 1. The second-order valence-electron chi connectivity index (χ2n) is 4.90. The molecule has 0 saturated carbocycles. The summed E-state index contributed by atoms with van der Waals surface area (Å²) < 4.78 is 44.5. The molecule has 0 saturated heterocycles. The fourth-order valence-corrected chi connectivity index (χ4v) is 2.05. The molecule has 8 heteroatoms. The second kappa shape index (κ2) is 6.23. The summed E-state index contributed by atoms with van der Waals surface area (Å²) in [5.41, 5.74) is 5.71. The van der Waals surface area contributed by atoms with E-state index in [-0.39, 0.29) is 23.5 Å². The van der Waals surface area contributed by atoms with Gasteiger partial charge in [-0.2, -0.15) is 13.2 Å². The lowest BCUT2D eigenvalue weighted by Gasteiger charge is -2.12. The lowest BCUT2D eigenvalue weighted by atomic mass is 10.1. The molecule has 2 rings (SSSR count). The van der Waals surface area contributed by atoms with Crippen LogP contribution in [-0.2, 0) is 18.0 Å². The van der Waals surface area contributed by atoms with E-state index in [1.165, 1.54) is 6.07 Å². The summed E-state index contributed by atoms with van der Waals surface area (Å²) in [6.07, 6.45) is -1.29. The SMILES string of the molecule is CCOC(=O)c1cn(C)cc1Nc1ccc(C(F)(F)F)cc1N. The summed E-state index contributed by atoms with van der Waals surface area (Å²) in [6, 6.07) is 2.99. The number of nitrogens with zero attached hydrogens (tertiary/aromatic N) is 1. The number of rotatable bonds is 4. The molecule has 0 fully saturated rings. The lowest BCUT2D eigenvalue weighted by Crippen LogP contribution is -2.08. The highest BCUT2D eigenvalue weighted by Gasteiger charge is 2.30. The Morgan fingerprint density at radius 1 is 1.30 bits per heavy atom. The van der Waals surface area contributed by atoms with Crippen molar-refractivity contribution in [1.82, 2.24) is 4.57 Å². The van der Waals surface area contributed by atoms with Crippen LogP contribution >= 0.6 is 0 Å². The highest BCUT2D eigenvalue weighted by Crippen LogP contribution is 2.34. The van der Waals surface area contributed by atoms with Crippen LogP contribution in [0.2, 0.25) is 0 Å². The molecular formula is C15H16F3N3O2. The number of benzene rings is 1. The van der Waals surface area contributed by atoms with E-state index in [9.17, 15) is 18.0 Å².